The lowest BCUT2D eigenvalue weighted by Gasteiger charge is -2.04. The highest BCUT2D eigenvalue weighted by molar-refractivity contribution is 5.36. The molecule has 3 rings (SSSR count). The first-order chi connectivity index (χ1) is 9.34. The lowest BCUT2D eigenvalue weighted by molar-refractivity contribution is 0.581. The van der Waals surface area contributed by atoms with E-state index in [0.717, 1.165) is 11.5 Å². The number of halogens is 1. The maximum atomic E-state index is 13.4. The van der Waals surface area contributed by atoms with Gasteiger partial charge in [-0.1, -0.05) is 24.3 Å². The lowest BCUT2D eigenvalue weighted by Crippen LogP contribution is -2.15. The van der Waals surface area contributed by atoms with Crippen molar-refractivity contribution >= 4 is 5.65 Å². The van der Waals surface area contributed by atoms with Crippen molar-refractivity contribution in [1.29, 1.82) is 0 Å². The molecular formula is C14H13FN4. The molecule has 0 fully saturated rings. The maximum Gasteiger partial charge on any atom is 0.160 e. The van der Waals surface area contributed by atoms with Crippen LogP contribution < -0.4 is 5.32 Å². The number of nitrogens with zero attached hydrogens (tertiary/aromatic N) is 3. The molecule has 19 heavy (non-hydrogen) atoms. The first-order valence-electron chi connectivity index (χ1n) is 6.07. The molecule has 2 aromatic heterocycles. The zero-order valence-corrected chi connectivity index (χ0v) is 10.3. The molecule has 4 nitrogen and oxygen atoms in total. The van der Waals surface area contributed by atoms with E-state index in [4.69, 9.17) is 0 Å². The summed E-state index contributed by atoms with van der Waals surface area (Å²) < 4.78 is 15.3. The van der Waals surface area contributed by atoms with Crippen molar-refractivity contribution in [2.24, 2.45) is 0 Å². The molecule has 0 radical (unpaired) electrons. The highest BCUT2D eigenvalue weighted by Gasteiger charge is 2.04. The molecule has 0 saturated heterocycles. The van der Waals surface area contributed by atoms with Gasteiger partial charge in [0.2, 0.25) is 0 Å². The number of aromatic nitrogens is 3. The van der Waals surface area contributed by atoms with Crippen LogP contribution in [0.15, 0.2) is 48.7 Å². The van der Waals surface area contributed by atoms with Gasteiger partial charge in [0.1, 0.15) is 5.82 Å². The van der Waals surface area contributed by atoms with Crippen LogP contribution in [-0.2, 0) is 13.1 Å². The fourth-order valence-corrected chi connectivity index (χ4v) is 1.96. The van der Waals surface area contributed by atoms with Crippen molar-refractivity contribution in [3.63, 3.8) is 0 Å². The first kappa shape index (κ1) is 11.8. The smallest absolute Gasteiger partial charge is 0.160 e. The predicted molar refractivity (Wildman–Crippen MR) is 69.9 cm³/mol. The normalized spacial score (nSPS) is 11.0. The number of nitrogens with one attached hydrogen (secondary N) is 1. The van der Waals surface area contributed by atoms with Crippen LogP contribution in [0.4, 0.5) is 4.39 Å². The standard InChI is InChI=1S/C14H13FN4/c15-12-6-2-1-5-11(12)9-16-10-14-18-17-13-7-3-4-8-19(13)14/h1-8,16H,9-10H2. The molecule has 3 aromatic rings. The van der Waals surface area contributed by atoms with E-state index in [1.807, 2.05) is 34.9 Å². The van der Waals surface area contributed by atoms with Crippen LogP contribution in [0.1, 0.15) is 11.4 Å². The highest BCUT2D eigenvalue weighted by Crippen LogP contribution is 2.06. The van der Waals surface area contributed by atoms with Crippen molar-refractivity contribution in [2.75, 3.05) is 0 Å². The average Bonchev–Trinajstić information content (AvgIpc) is 2.85. The summed E-state index contributed by atoms with van der Waals surface area (Å²) >= 11 is 0. The number of hydrogen-bond donors (Lipinski definition) is 1. The highest BCUT2D eigenvalue weighted by atomic mass is 19.1. The molecular weight excluding hydrogens is 243 g/mol. The third kappa shape index (κ3) is 2.46. The zero-order valence-electron chi connectivity index (χ0n) is 10.3. The van der Waals surface area contributed by atoms with Crippen LogP contribution in [0.2, 0.25) is 0 Å². The van der Waals surface area contributed by atoms with Crippen LogP contribution in [-0.4, -0.2) is 14.6 Å². The van der Waals surface area contributed by atoms with E-state index in [9.17, 15) is 4.39 Å². The van der Waals surface area contributed by atoms with Gasteiger partial charge in [-0.25, -0.2) is 4.39 Å². The van der Waals surface area contributed by atoms with E-state index < -0.39 is 0 Å². The molecule has 0 aliphatic rings. The van der Waals surface area contributed by atoms with E-state index >= 15 is 0 Å². The Morgan fingerprint density at radius 2 is 1.84 bits per heavy atom. The molecule has 1 N–H and O–H groups in total. The van der Waals surface area contributed by atoms with Gasteiger partial charge in [0.25, 0.3) is 0 Å². The zero-order chi connectivity index (χ0) is 13.1. The predicted octanol–water partition coefficient (Wildman–Crippen LogP) is 2.16. The van der Waals surface area contributed by atoms with E-state index in [-0.39, 0.29) is 5.82 Å². The van der Waals surface area contributed by atoms with Crippen LogP contribution in [0, 0.1) is 5.82 Å². The fourth-order valence-electron chi connectivity index (χ4n) is 1.96. The summed E-state index contributed by atoms with van der Waals surface area (Å²) in [6.45, 7) is 1.01. The van der Waals surface area contributed by atoms with Crippen LogP contribution in [0.5, 0.6) is 0 Å². The molecule has 0 bridgehead atoms. The van der Waals surface area contributed by atoms with Gasteiger partial charge in [0.15, 0.2) is 11.5 Å². The molecule has 2 heterocycles. The number of benzene rings is 1. The Kier molecular flexibility index (Phi) is 3.20. The summed E-state index contributed by atoms with van der Waals surface area (Å²) in [5.74, 6) is 0.619. The van der Waals surface area contributed by atoms with Crippen molar-refractivity contribution in [2.45, 2.75) is 13.1 Å². The second-order valence-corrected chi connectivity index (χ2v) is 4.24. The molecule has 0 amide bonds. The van der Waals surface area contributed by atoms with Gasteiger partial charge in [0.05, 0.1) is 6.54 Å². The number of fused-ring (bicyclic) bond motifs is 1. The van der Waals surface area contributed by atoms with Crippen molar-refractivity contribution < 1.29 is 4.39 Å². The topological polar surface area (TPSA) is 42.2 Å². The molecule has 0 spiro atoms. The molecule has 5 heteroatoms. The summed E-state index contributed by atoms with van der Waals surface area (Å²) in [5, 5.41) is 11.3. The van der Waals surface area contributed by atoms with Gasteiger partial charge in [-0.05, 0) is 18.2 Å². The summed E-state index contributed by atoms with van der Waals surface area (Å²) in [5.41, 5.74) is 1.46. The van der Waals surface area contributed by atoms with Crippen LogP contribution >= 0.6 is 0 Å². The lowest BCUT2D eigenvalue weighted by atomic mass is 10.2. The Labute approximate surface area is 109 Å². The number of rotatable bonds is 4. The SMILES string of the molecule is Fc1ccccc1CNCc1nnc2ccccn12. The van der Waals surface area contributed by atoms with Crippen molar-refractivity contribution in [3.8, 4) is 0 Å². The minimum absolute atomic E-state index is 0.193. The van der Waals surface area contributed by atoms with Gasteiger partial charge in [-0.15, -0.1) is 10.2 Å². The largest absolute Gasteiger partial charge is 0.306 e. The van der Waals surface area contributed by atoms with E-state index in [1.54, 1.807) is 12.1 Å². The Morgan fingerprint density at radius 1 is 1.00 bits per heavy atom. The van der Waals surface area contributed by atoms with E-state index in [2.05, 4.69) is 15.5 Å². The third-order valence-electron chi connectivity index (χ3n) is 2.94. The van der Waals surface area contributed by atoms with Crippen molar-refractivity contribution in [1.82, 2.24) is 19.9 Å². The Bertz CT molecular complexity index is 692. The summed E-state index contributed by atoms with van der Waals surface area (Å²) in [6, 6.07) is 12.5. The maximum absolute atomic E-state index is 13.4. The number of hydrogen-bond acceptors (Lipinski definition) is 3. The third-order valence-corrected chi connectivity index (χ3v) is 2.94. The monoisotopic (exact) mass is 256 g/mol. The molecule has 96 valence electrons. The number of pyridine rings is 1. The van der Waals surface area contributed by atoms with Gasteiger partial charge in [-0.3, -0.25) is 4.40 Å². The van der Waals surface area contributed by atoms with E-state index in [1.165, 1.54) is 6.07 Å². The van der Waals surface area contributed by atoms with E-state index in [0.29, 0.717) is 18.7 Å². The Morgan fingerprint density at radius 3 is 2.74 bits per heavy atom. The van der Waals surface area contributed by atoms with Crippen LogP contribution in [0.3, 0.4) is 0 Å². The minimum Gasteiger partial charge on any atom is -0.306 e. The minimum atomic E-state index is -0.193. The van der Waals surface area contributed by atoms with Gasteiger partial charge >= 0.3 is 0 Å². The molecule has 0 unspecified atom stereocenters. The average molecular weight is 256 g/mol. The fraction of sp³-hybridized carbons (Fsp3) is 0.143. The summed E-state index contributed by atoms with van der Waals surface area (Å²) in [6.07, 6.45) is 1.91. The van der Waals surface area contributed by atoms with Gasteiger partial charge < -0.3 is 5.32 Å². The molecule has 0 aliphatic heterocycles. The summed E-state index contributed by atoms with van der Waals surface area (Å²) in [7, 11) is 0. The second kappa shape index (κ2) is 5.16. The van der Waals surface area contributed by atoms with Crippen molar-refractivity contribution in [3.05, 3.63) is 65.9 Å². The molecule has 0 saturated carbocycles. The molecule has 0 atom stereocenters. The second-order valence-electron chi connectivity index (χ2n) is 4.24. The van der Waals surface area contributed by atoms with Gasteiger partial charge in [-0.2, -0.15) is 0 Å². The first-order valence-corrected chi connectivity index (χ1v) is 6.07. The quantitative estimate of drug-likeness (QED) is 0.777. The molecule has 1 aromatic carbocycles. The summed E-state index contributed by atoms with van der Waals surface area (Å²) in [4.78, 5) is 0. The molecule has 0 aliphatic carbocycles. The van der Waals surface area contributed by atoms with Gasteiger partial charge in [0, 0.05) is 18.3 Å². The van der Waals surface area contributed by atoms with Crippen LogP contribution in [0.25, 0.3) is 5.65 Å². The Balaban J connectivity index is 1.68. The Hall–Kier alpha value is -2.27.